The number of methoxy groups -OCH3 is 2. The van der Waals surface area contributed by atoms with Crippen molar-refractivity contribution < 1.29 is 28.2 Å². The number of fused-ring (bicyclic) bond motifs is 4. The Hall–Kier alpha value is -2.55. The van der Waals surface area contributed by atoms with Crippen LogP contribution in [0.15, 0.2) is 33.5 Å². The summed E-state index contributed by atoms with van der Waals surface area (Å²) in [4.78, 5) is 13.8. The van der Waals surface area contributed by atoms with Crippen LogP contribution in [0.4, 0.5) is 0 Å². The third-order valence-corrected chi connectivity index (χ3v) is 13.8. The summed E-state index contributed by atoms with van der Waals surface area (Å²) in [6.45, 7) is 13.3. The smallest absolute Gasteiger partial charge is 0.208 e. The van der Waals surface area contributed by atoms with E-state index in [1.165, 1.54) is 14.2 Å². The molecule has 0 amide bonds. The van der Waals surface area contributed by atoms with E-state index < -0.39 is 14.6 Å². The van der Waals surface area contributed by atoms with E-state index in [-0.39, 0.29) is 18.0 Å². The van der Waals surface area contributed by atoms with Crippen LogP contribution in [0.3, 0.4) is 0 Å². The molecule has 0 radical (unpaired) electrons. The summed E-state index contributed by atoms with van der Waals surface area (Å²) in [5.41, 5.74) is 2.42. The summed E-state index contributed by atoms with van der Waals surface area (Å²) in [6, 6.07) is 7.02. The molecule has 1 aliphatic rings. The van der Waals surface area contributed by atoms with Crippen molar-refractivity contribution in [2.75, 3.05) is 20.8 Å². The Kier molecular flexibility index (Phi) is 7.42. The van der Waals surface area contributed by atoms with Gasteiger partial charge in [0.1, 0.15) is 39.2 Å². The van der Waals surface area contributed by atoms with Crippen LogP contribution < -0.4 is 19.6 Å². The third kappa shape index (κ3) is 3.99. The predicted molar refractivity (Wildman–Crippen MR) is 144 cm³/mol. The maximum absolute atomic E-state index is 13.8. The molecule has 0 saturated carbocycles. The SMILES string of the molecule is COc1cccc2oc3c4c(cc(OC)c3c(=O)c12)OC(O[Si](C(C)C)(C(C)C)C(C)C)C4CCO. The molecule has 36 heavy (non-hydrogen) atoms. The first kappa shape index (κ1) is 26.5. The van der Waals surface area contributed by atoms with E-state index in [1.807, 2.05) is 0 Å². The maximum atomic E-state index is 13.8. The van der Waals surface area contributed by atoms with Crippen LogP contribution in [0, 0.1) is 0 Å². The van der Waals surface area contributed by atoms with Gasteiger partial charge in [-0.3, -0.25) is 4.79 Å². The van der Waals surface area contributed by atoms with E-state index in [9.17, 15) is 9.90 Å². The molecule has 2 aromatic carbocycles. The first-order valence-corrected chi connectivity index (χ1v) is 14.9. The average molecular weight is 515 g/mol. The molecule has 1 N–H and O–H groups in total. The van der Waals surface area contributed by atoms with Gasteiger partial charge in [-0.05, 0) is 35.2 Å². The molecule has 0 spiro atoms. The van der Waals surface area contributed by atoms with Crippen LogP contribution in [0.2, 0.25) is 16.6 Å². The van der Waals surface area contributed by atoms with E-state index in [2.05, 4.69) is 41.5 Å². The van der Waals surface area contributed by atoms with Crippen LogP contribution in [0.1, 0.15) is 59.4 Å². The first-order chi connectivity index (χ1) is 17.1. The van der Waals surface area contributed by atoms with E-state index in [0.717, 1.165) is 5.56 Å². The molecule has 4 rings (SSSR count). The molecule has 0 aliphatic carbocycles. The maximum Gasteiger partial charge on any atom is 0.208 e. The average Bonchev–Trinajstić information content (AvgIpc) is 3.17. The number of hydrogen-bond donors (Lipinski definition) is 1. The van der Waals surface area contributed by atoms with Gasteiger partial charge in [0.25, 0.3) is 0 Å². The minimum absolute atomic E-state index is 0.0495. The van der Waals surface area contributed by atoms with E-state index in [1.54, 1.807) is 24.3 Å². The van der Waals surface area contributed by atoms with Gasteiger partial charge in [-0.1, -0.05) is 47.6 Å². The minimum atomic E-state index is -2.31. The Bertz CT molecular complexity index is 1290. The molecule has 7 nitrogen and oxygen atoms in total. The normalized spacial score (nSPS) is 17.9. The highest BCUT2D eigenvalue weighted by molar-refractivity contribution is 6.77. The first-order valence-electron chi connectivity index (χ1n) is 12.7. The highest BCUT2D eigenvalue weighted by Gasteiger charge is 2.50. The zero-order valence-corrected chi connectivity index (χ0v) is 23.5. The molecule has 0 saturated heterocycles. The monoisotopic (exact) mass is 514 g/mol. The largest absolute Gasteiger partial charge is 0.496 e. The summed E-state index contributed by atoms with van der Waals surface area (Å²) >= 11 is 0. The molecule has 2 heterocycles. The van der Waals surface area contributed by atoms with Gasteiger partial charge in [0, 0.05) is 18.2 Å². The Morgan fingerprint density at radius 1 is 0.972 bits per heavy atom. The lowest BCUT2D eigenvalue weighted by Crippen LogP contribution is -2.51. The minimum Gasteiger partial charge on any atom is -0.496 e. The van der Waals surface area contributed by atoms with Gasteiger partial charge in [-0.15, -0.1) is 0 Å². The van der Waals surface area contributed by atoms with Gasteiger partial charge >= 0.3 is 0 Å². The van der Waals surface area contributed by atoms with Crippen LogP contribution in [-0.4, -0.2) is 40.5 Å². The van der Waals surface area contributed by atoms with Crippen LogP contribution in [0.25, 0.3) is 21.9 Å². The highest BCUT2D eigenvalue weighted by Crippen LogP contribution is 2.51. The standard InChI is InChI=1S/C28H38O7Si/c1-15(2)36(16(3)4,17(5)6)35-28-18(12-13-29)23-22(34-28)14-21(32-8)25-26(30)24-19(31-7)10-9-11-20(24)33-27(23)25/h9-11,14-18,28-29H,12-13H2,1-8H3. The summed E-state index contributed by atoms with van der Waals surface area (Å²) in [5.74, 6) is 1.07. The molecule has 1 aliphatic heterocycles. The van der Waals surface area contributed by atoms with Gasteiger partial charge in [0.15, 0.2) is 6.29 Å². The van der Waals surface area contributed by atoms with Crippen molar-refractivity contribution in [2.24, 2.45) is 0 Å². The fourth-order valence-corrected chi connectivity index (χ4v) is 11.7. The van der Waals surface area contributed by atoms with E-state index >= 15 is 0 Å². The fraction of sp³-hybridized carbons (Fsp3) is 0.536. The van der Waals surface area contributed by atoms with Crippen molar-refractivity contribution in [2.45, 2.75) is 76.8 Å². The fourth-order valence-electron chi connectivity index (χ4n) is 6.26. The Labute approximate surface area is 213 Å². The lowest BCUT2D eigenvalue weighted by atomic mass is 9.94. The zero-order valence-electron chi connectivity index (χ0n) is 22.5. The van der Waals surface area contributed by atoms with Gasteiger partial charge in [-0.25, -0.2) is 0 Å². The Morgan fingerprint density at radius 3 is 2.17 bits per heavy atom. The lowest BCUT2D eigenvalue weighted by molar-refractivity contribution is -0.0148. The number of benzene rings is 2. The summed E-state index contributed by atoms with van der Waals surface area (Å²) in [6.07, 6.45) is -0.176. The quantitative estimate of drug-likeness (QED) is 0.263. The third-order valence-electron chi connectivity index (χ3n) is 7.75. The Balaban J connectivity index is 1.97. The summed E-state index contributed by atoms with van der Waals surface area (Å²) in [5, 5.41) is 10.7. The topological polar surface area (TPSA) is 87.4 Å². The van der Waals surface area contributed by atoms with Crippen LogP contribution in [0.5, 0.6) is 17.2 Å². The van der Waals surface area contributed by atoms with E-state index in [4.69, 9.17) is 23.1 Å². The second kappa shape index (κ2) is 10.1. The molecule has 8 heteroatoms. The van der Waals surface area contributed by atoms with Crippen molar-refractivity contribution in [1.82, 2.24) is 0 Å². The van der Waals surface area contributed by atoms with Crippen molar-refractivity contribution >= 4 is 30.3 Å². The van der Waals surface area contributed by atoms with Gasteiger partial charge < -0.3 is 28.2 Å². The Morgan fingerprint density at radius 2 is 1.61 bits per heavy atom. The molecular formula is C28H38O7Si. The molecule has 0 bridgehead atoms. The van der Waals surface area contributed by atoms with Crippen LogP contribution in [-0.2, 0) is 4.43 Å². The molecule has 3 aromatic rings. The number of rotatable bonds is 9. The number of aliphatic hydroxyl groups is 1. The molecule has 2 atom stereocenters. The van der Waals surface area contributed by atoms with Crippen molar-refractivity contribution in [3.63, 3.8) is 0 Å². The number of aliphatic hydroxyl groups excluding tert-OH is 1. The summed E-state index contributed by atoms with van der Waals surface area (Å²) < 4.78 is 31.0. The van der Waals surface area contributed by atoms with Gasteiger partial charge in [-0.2, -0.15) is 0 Å². The lowest BCUT2D eigenvalue weighted by Gasteiger charge is -2.44. The number of hydrogen-bond acceptors (Lipinski definition) is 7. The molecule has 1 aromatic heterocycles. The van der Waals surface area contributed by atoms with Crippen molar-refractivity contribution in [3.8, 4) is 17.2 Å². The summed E-state index contributed by atoms with van der Waals surface area (Å²) in [7, 11) is 0.745. The second-order valence-corrected chi connectivity index (χ2v) is 15.9. The van der Waals surface area contributed by atoms with Gasteiger partial charge in [0.05, 0.1) is 20.1 Å². The number of ether oxygens (including phenoxy) is 3. The molecule has 2 unspecified atom stereocenters. The molecule has 196 valence electrons. The van der Waals surface area contributed by atoms with E-state index in [0.29, 0.717) is 62.2 Å². The van der Waals surface area contributed by atoms with Gasteiger partial charge in [0.2, 0.25) is 13.7 Å². The molecule has 0 fully saturated rings. The highest BCUT2D eigenvalue weighted by atomic mass is 28.4. The van der Waals surface area contributed by atoms with Crippen LogP contribution >= 0.6 is 0 Å². The molecular weight excluding hydrogens is 476 g/mol. The second-order valence-electron chi connectivity index (χ2n) is 10.5. The predicted octanol–water partition coefficient (Wildman–Crippen LogP) is 6.34. The van der Waals surface area contributed by atoms with Crippen molar-refractivity contribution in [1.29, 1.82) is 0 Å². The van der Waals surface area contributed by atoms with Crippen molar-refractivity contribution in [3.05, 3.63) is 40.1 Å². The zero-order chi connectivity index (χ0) is 26.4.